The van der Waals surface area contributed by atoms with E-state index in [2.05, 4.69) is 36.6 Å². The molecule has 1 aromatic rings. The van der Waals surface area contributed by atoms with Gasteiger partial charge in [0.15, 0.2) is 0 Å². The molecule has 4 aliphatic rings. The Bertz CT molecular complexity index is 710. The quantitative estimate of drug-likeness (QED) is 0.267. The molecule has 0 atom stereocenters. The third kappa shape index (κ3) is 7.95. The zero-order valence-electron chi connectivity index (χ0n) is 25.0. The Morgan fingerprint density at radius 1 is 0.447 bits per heavy atom. The molecule has 4 fully saturated rings. The van der Waals surface area contributed by atoms with E-state index < -0.39 is 14.3 Å². The third-order valence-electron chi connectivity index (χ3n) is 10.5. The molecule has 0 aliphatic heterocycles. The third-order valence-corrected chi connectivity index (χ3v) is 19.1. The number of hydrogen-bond donors (Lipinski definition) is 0. The van der Waals surface area contributed by atoms with Gasteiger partial charge in [-0.25, -0.2) is 12.1 Å². The van der Waals surface area contributed by atoms with E-state index in [0.717, 1.165) is 22.6 Å². The summed E-state index contributed by atoms with van der Waals surface area (Å²) in [5.74, 6) is 0. The van der Waals surface area contributed by atoms with E-state index in [-0.39, 0.29) is 37.7 Å². The Hall–Kier alpha value is 1.14. The molecule has 6 heteroatoms. The minimum Gasteiger partial charge on any atom is -0.316 e. The maximum atomic E-state index is 7.72. The Morgan fingerprint density at radius 3 is 0.921 bits per heavy atom. The van der Waals surface area contributed by atoms with Gasteiger partial charge in [-0.05, 0) is 103 Å². The first kappa shape index (κ1) is 33.6. The van der Waals surface area contributed by atoms with Crippen LogP contribution in [-0.2, 0) is 0 Å². The van der Waals surface area contributed by atoms with Crippen molar-refractivity contribution in [3.8, 4) is 0 Å². The fourth-order valence-electron chi connectivity index (χ4n) is 8.36. The summed E-state index contributed by atoms with van der Waals surface area (Å²) in [5, 5.41) is 0. The molecule has 0 heterocycles. The standard InChI is InChI=1S/C32H50B2P2.2Li/c33-35(29-17-5-1-6-18-29,30-19-7-2-8-20-30)25-27-15-13-14-16-28(27)26-36(34,31-21-9-3-10-22-31)32-23-11-4-12-24-32;;/h13-16,25-26,29-32H,1-12,17-24H2;;/q-2;2*+1. The van der Waals surface area contributed by atoms with E-state index >= 15 is 0 Å². The van der Waals surface area contributed by atoms with Crippen molar-refractivity contribution in [1.82, 2.24) is 0 Å². The van der Waals surface area contributed by atoms with E-state index in [0.29, 0.717) is 0 Å². The molecular formula is C32H50B2Li2P2. The molecule has 4 saturated carbocycles. The maximum Gasteiger partial charge on any atom is 1.00 e. The molecule has 0 spiro atoms. The van der Waals surface area contributed by atoms with Gasteiger partial charge in [0, 0.05) is 22.6 Å². The number of benzene rings is 1. The van der Waals surface area contributed by atoms with E-state index in [9.17, 15) is 0 Å². The zero-order valence-corrected chi connectivity index (χ0v) is 26.8. The van der Waals surface area contributed by atoms with Gasteiger partial charge in [-0.15, -0.1) is 24.5 Å². The van der Waals surface area contributed by atoms with Gasteiger partial charge in [0.2, 0.25) is 0 Å². The summed E-state index contributed by atoms with van der Waals surface area (Å²) in [7, 11) is 12.1. The van der Waals surface area contributed by atoms with Gasteiger partial charge < -0.3 is 15.1 Å². The summed E-state index contributed by atoms with van der Waals surface area (Å²) in [6.07, 6.45) is 33.0. The smallest absolute Gasteiger partial charge is 0.316 e. The van der Waals surface area contributed by atoms with Crippen molar-refractivity contribution >= 4 is 29.4 Å². The minimum absolute atomic E-state index is 0. The molecule has 196 valence electrons. The van der Waals surface area contributed by atoms with Crippen LogP contribution in [-0.4, -0.2) is 37.8 Å². The minimum atomic E-state index is -1.67. The van der Waals surface area contributed by atoms with Crippen molar-refractivity contribution < 1.29 is 37.7 Å². The monoisotopic (exact) mass is 532 g/mol. The molecule has 0 saturated heterocycles. The summed E-state index contributed by atoms with van der Waals surface area (Å²) in [6.45, 7) is 0. The Morgan fingerprint density at radius 2 is 0.684 bits per heavy atom. The summed E-state index contributed by atoms with van der Waals surface area (Å²) < 4.78 is 0. The van der Waals surface area contributed by atoms with E-state index in [1.165, 1.54) is 140 Å². The molecular weight excluding hydrogens is 482 g/mol. The Kier molecular flexibility index (Phi) is 14.3. The van der Waals surface area contributed by atoms with Crippen molar-refractivity contribution in [2.24, 2.45) is 0 Å². The first-order valence-electron chi connectivity index (χ1n) is 15.7. The van der Waals surface area contributed by atoms with Crippen molar-refractivity contribution in [3.63, 3.8) is 0 Å². The van der Waals surface area contributed by atoms with Crippen LogP contribution in [0.1, 0.15) is 140 Å². The molecule has 0 unspecified atom stereocenters. The van der Waals surface area contributed by atoms with Crippen LogP contribution < -0.4 is 37.7 Å². The van der Waals surface area contributed by atoms with Crippen LogP contribution in [0.3, 0.4) is 0 Å². The normalized spacial score (nSPS) is 23.2. The number of hydrogen-bond acceptors (Lipinski definition) is 0. The van der Waals surface area contributed by atoms with Crippen LogP contribution >= 0.6 is 14.3 Å². The topological polar surface area (TPSA) is 0 Å². The van der Waals surface area contributed by atoms with E-state index in [1.54, 1.807) is 0 Å². The van der Waals surface area contributed by atoms with Crippen LogP contribution in [0.15, 0.2) is 24.3 Å². The summed E-state index contributed by atoms with van der Waals surface area (Å²) in [4.78, 5) is 0. The fraction of sp³-hybridized carbons (Fsp3) is 0.750. The summed E-state index contributed by atoms with van der Waals surface area (Å²) >= 11 is 0. The second-order valence-corrected chi connectivity index (χ2v) is 19.9. The Labute approximate surface area is 264 Å². The molecule has 0 bridgehead atoms. The second-order valence-electron chi connectivity index (χ2n) is 12.8. The van der Waals surface area contributed by atoms with Gasteiger partial charge in [0.05, 0.1) is 0 Å². The van der Waals surface area contributed by atoms with Gasteiger partial charge in [0.1, 0.15) is 0 Å². The molecule has 0 N–H and O–H groups in total. The maximum absolute atomic E-state index is 7.72. The van der Waals surface area contributed by atoms with Crippen molar-refractivity contribution in [2.45, 2.75) is 151 Å². The summed E-state index contributed by atoms with van der Waals surface area (Å²) in [5.41, 5.74) is 5.86. The van der Waals surface area contributed by atoms with Crippen LogP contribution in [0.4, 0.5) is 0 Å². The predicted molar refractivity (Wildman–Crippen MR) is 166 cm³/mol. The Balaban J connectivity index is 0.00000200. The van der Waals surface area contributed by atoms with E-state index in [1.807, 2.05) is 0 Å². The van der Waals surface area contributed by atoms with Gasteiger partial charge >= 0.3 is 37.7 Å². The molecule has 0 aromatic heterocycles. The van der Waals surface area contributed by atoms with Crippen LogP contribution in [0, 0.1) is 12.3 Å². The second kappa shape index (κ2) is 16.1. The number of rotatable bonds is 8. The average Bonchev–Trinajstić information content (AvgIpc) is 2.96. The first-order valence-corrected chi connectivity index (χ1v) is 19.9. The van der Waals surface area contributed by atoms with Crippen molar-refractivity contribution in [2.75, 3.05) is 0 Å². The van der Waals surface area contributed by atoms with Crippen molar-refractivity contribution in [3.05, 3.63) is 47.7 Å². The summed E-state index contributed by atoms with van der Waals surface area (Å²) in [6, 6.07) is 9.30. The molecule has 5 rings (SSSR count). The molecule has 4 aliphatic carbocycles. The van der Waals surface area contributed by atoms with Crippen LogP contribution in [0.5, 0.6) is 0 Å². The van der Waals surface area contributed by atoms with Crippen LogP contribution in [0.25, 0.3) is 0 Å². The largest absolute Gasteiger partial charge is 1.00 e. The molecule has 1 aromatic carbocycles. The molecule has 0 amide bonds. The molecule has 0 nitrogen and oxygen atoms in total. The average molecular weight is 532 g/mol. The van der Waals surface area contributed by atoms with Gasteiger partial charge in [-0.1, -0.05) is 25.7 Å². The van der Waals surface area contributed by atoms with Gasteiger partial charge in [-0.3, -0.25) is 25.4 Å². The zero-order chi connectivity index (χ0) is 24.8. The molecule has 6 radical (unpaired) electrons. The first-order chi connectivity index (χ1) is 17.6. The van der Waals surface area contributed by atoms with Gasteiger partial charge in [-0.2, -0.15) is 0 Å². The van der Waals surface area contributed by atoms with E-state index in [4.69, 9.17) is 15.1 Å². The molecule has 38 heavy (non-hydrogen) atoms. The van der Waals surface area contributed by atoms with Crippen LogP contribution in [0.2, 0.25) is 0 Å². The van der Waals surface area contributed by atoms with Gasteiger partial charge in [0.25, 0.3) is 0 Å². The SMILES string of the molecule is [B-][P+]([CH-]c1ccccc1[CH-][P+]([B-])(C1CCCCC1)C1CCCCC1)(C1CCCCC1)C1CCCCC1.[Li+].[Li+]. The van der Waals surface area contributed by atoms with Crippen molar-refractivity contribution in [1.29, 1.82) is 0 Å². The predicted octanol–water partition coefficient (Wildman–Crippen LogP) is 4.25. The fourth-order valence-corrected chi connectivity index (χ4v) is 16.9.